The molecule has 11 nitrogen and oxygen atoms in total. The fourth-order valence-corrected chi connectivity index (χ4v) is 5.51. The van der Waals surface area contributed by atoms with Crippen LogP contribution in [0, 0.1) is 11.8 Å². The lowest BCUT2D eigenvalue weighted by Gasteiger charge is -2.16. The van der Waals surface area contributed by atoms with Gasteiger partial charge in [0.15, 0.2) is 23.6 Å². The summed E-state index contributed by atoms with van der Waals surface area (Å²) in [6, 6.07) is 15.3. The molecular weight excluding hydrogens is 570 g/mol. The average molecular weight is 593 g/mol. The molecule has 13 heteroatoms. The van der Waals surface area contributed by atoms with Crippen molar-refractivity contribution in [1.29, 1.82) is 0 Å². The molecule has 6 aromatic rings. The predicted octanol–water partition coefficient (Wildman–Crippen LogP) is 4.46. The van der Waals surface area contributed by atoms with Crippen LogP contribution in [0.4, 0.5) is 14.6 Å². The fourth-order valence-electron chi connectivity index (χ4n) is 5.51. The second-order valence-corrected chi connectivity index (χ2v) is 10.3. The molecule has 1 aliphatic carbocycles. The summed E-state index contributed by atoms with van der Waals surface area (Å²) in [6.07, 6.45) is 4.59. The largest absolute Gasteiger partial charge is 0.507 e. The summed E-state index contributed by atoms with van der Waals surface area (Å²) < 4.78 is 31.3. The molecule has 7 rings (SSSR count). The molecule has 4 N–H and O–H groups in total. The molecular formula is C31H22F2N8O3. The number of hydrogen-bond donors (Lipinski definition) is 3. The number of phenols is 1. The number of aromatic hydroxyl groups is 1. The van der Waals surface area contributed by atoms with Crippen molar-refractivity contribution in [3.05, 3.63) is 107 Å². The number of aryl methyl sites for hydroxylation is 1. The zero-order chi connectivity index (χ0) is 30.5. The minimum Gasteiger partial charge on any atom is -0.507 e. The Labute approximate surface area is 247 Å². The van der Waals surface area contributed by atoms with Crippen LogP contribution in [-0.4, -0.2) is 46.6 Å². The van der Waals surface area contributed by atoms with Crippen molar-refractivity contribution < 1.29 is 23.5 Å². The molecule has 0 radical (unpaired) electrons. The Morgan fingerprint density at radius 1 is 1.09 bits per heavy atom. The van der Waals surface area contributed by atoms with E-state index in [2.05, 4.69) is 15.4 Å². The molecule has 0 bridgehead atoms. The van der Waals surface area contributed by atoms with Gasteiger partial charge < -0.3 is 16.2 Å². The summed E-state index contributed by atoms with van der Waals surface area (Å²) in [7, 11) is 0. The van der Waals surface area contributed by atoms with E-state index in [1.807, 2.05) is 22.8 Å². The normalized spacial score (nSPS) is 14.1. The number of hydrogen-bond acceptors (Lipinski definition) is 8. The van der Waals surface area contributed by atoms with E-state index in [4.69, 9.17) is 15.7 Å². The van der Waals surface area contributed by atoms with Gasteiger partial charge in [-0.2, -0.15) is 4.39 Å². The Morgan fingerprint density at radius 3 is 2.73 bits per heavy atom. The number of aromatic nitrogens is 6. The van der Waals surface area contributed by atoms with Crippen LogP contribution >= 0.6 is 0 Å². The number of anilines is 1. The van der Waals surface area contributed by atoms with Crippen LogP contribution in [0.2, 0.25) is 0 Å². The molecule has 1 aliphatic rings. The van der Waals surface area contributed by atoms with Gasteiger partial charge in [-0.05, 0) is 66.4 Å². The second kappa shape index (κ2) is 10.4. The number of phenolic OH excluding ortho intramolecular Hbond substituents is 1. The molecule has 0 saturated carbocycles. The lowest BCUT2D eigenvalue weighted by molar-refractivity contribution is 0.0932. The van der Waals surface area contributed by atoms with Crippen LogP contribution in [0.15, 0.2) is 73.1 Å². The lowest BCUT2D eigenvalue weighted by Crippen LogP contribution is -2.28. The number of pyridine rings is 2. The summed E-state index contributed by atoms with van der Waals surface area (Å²) in [5.41, 5.74) is 9.88. The number of aldehydes is 1. The van der Waals surface area contributed by atoms with E-state index in [0.717, 1.165) is 23.3 Å². The Balaban J connectivity index is 1.29. The Kier molecular flexibility index (Phi) is 6.34. The zero-order valence-electron chi connectivity index (χ0n) is 22.8. The van der Waals surface area contributed by atoms with E-state index in [9.17, 15) is 23.5 Å². The molecule has 1 atom stereocenters. The van der Waals surface area contributed by atoms with Gasteiger partial charge in [0.1, 0.15) is 22.9 Å². The molecule has 44 heavy (non-hydrogen) atoms. The molecule has 1 amide bonds. The maximum absolute atomic E-state index is 14.5. The molecule has 2 aromatic carbocycles. The standard InChI is InChI=1S/C31H22F2N8O3/c32-22-14-25(43)17(15-42)13-21(22)31(44)37-23-6-3-16-12-18(4-5-19(16)23)41-29(20-2-1-10-35-28(20)34)36-24-7-8-27(38-30(24)41)40-11-9-26(33)39-40/h1-2,4-5,7-15,23,43H,3,6H2,(H2,34,35)(H,37,44)/t23-/m0/s1. The number of rotatable bonds is 6. The number of nitrogens with two attached hydrogens (primary N) is 1. The number of nitrogens with zero attached hydrogens (tertiary/aromatic N) is 6. The van der Waals surface area contributed by atoms with Gasteiger partial charge in [0.2, 0.25) is 5.95 Å². The zero-order valence-corrected chi connectivity index (χ0v) is 22.8. The molecule has 0 spiro atoms. The van der Waals surface area contributed by atoms with Crippen LogP contribution in [0.3, 0.4) is 0 Å². The van der Waals surface area contributed by atoms with Crippen molar-refractivity contribution in [2.75, 3.05) is 5.73 Å². The predicted molar refractivity (Wildman–Crippen MR) is 156 cm³/mol. The first-order valence-electron chi connectivity index (χ1n) is 13.5. The third kappa shape index (κ3) is 4.51. The van der Waals surface area contributed by atoms with Gasteiger partial charge in [-0.15, -0.1) is 5.10 Å². The maximum Gasteiger partial charge on any atom is 0.254 e. The van der Waals surface area contributed by atoms with E-state index >= 15 is 0 Å². The quantitative estimate of drug-likeness (QED) is 0.240. The van der Waals surface area contributed by atoms with Crippen LogP contribution in [-0.2, 0) is 6.42 Å². The number of nitrogens with one attached hydrogen (secondary N) is 1. The molecule has 218 valence electrons. The van der Waals surface area contributed by atoms with E-state index in [1.165, 1.54) is 16.9 Å². The van der Waals surface area contributed by atoms with Crippen molar-refractivity contribution in [2.45, 2.75) is 18.9 Å². The number of carbonyl (C=O) groups is 2. The van der Waals surface area contributed by atoms with Gasteiger partial charge in [-0.3, -0.25) is 14.2 Å². The summed E-state index contributed by atoms with van der Waals surface area (Å²) in [4.78, 5) is 38.0. The number of nitrogen functional groups attached to an aromatic ring is 1. The minimum absolute atomic E-state index is 0.180. The van der Waals surface area contributed by atoms with Crippen molar-refractivity contribution in [3.8, 4) is 28.6 Å². The first-order chi connectivity index (χ1) is 21.3. The number of fused-ring (bicyclic) bond motifs is 2. The Bertz CT molecular complexity index is 2120. The maximum atomic E-state index is 14.5. The third-order valence-electron chi connectivity index (χ3n) is 7.62. The lowest BCUT2D eigenvalue weighted by atomic mass is 10.1. The number of benzene rings is 2. The summed E-state index contributed by atoms with van der Waals surface area (Å²) in [6.45, 7) is 0. The van der Waals surface area contributed by atoms with E-state index < -0.39 is 29.5 Å². The first kappa shape index (κ1) is 26.9. The van der Waals surface area contributed by atoms with Crippen molar-refractivity contribution in [1.82, 2.24) is 34.6 Å². The van der Waals surface area contributed by atoms with Gasteiger partial charge in [-0.1, -0.05) is 6.07 Å². The van der Waals surface area contributed by atoms with Crippen molar-refractivity contribution in [2.24, 2.45) is 0 Å². The summed E-state index contributed by atoms with van der Waals surface area (Å²) in [5.74, 6) is -1.64. The number of halogens is 2. The SMILES string of the molecule is Nc1ncccc1-c1nc2ccc(-n3ccc(F)n3)nc2n1-c1ccc2c(c1)CC[C@@H]2NC(=O)c1cc(C=O)c(O)cc1F. The highest BCUT2D eigenvalue weighted by Gasteiger charge is 2.27. The molecule has 0 saturated heterocycles. The monoisotopic (exact) mass is 592 g/mol. The van der Waals surface area contributed by atoms with Crippen molar-refractivity contribution >= 4 is 29.2 Å². The van der Waals surface area contributed by atoms with E-state index in [1.54, 1.807) is 30.5 Å². The van der Waals surface area contributed by atoms with E-state index in [0.29, 0.717) is 53.2 Å². The molecule has 0 unspecified atom stereocenters. The van der Waals surface area contributed by atoms with Crippen LogP contribution < -0.4 is 11.1 Å². The van der Waals surface area contributed by atoms with E-state index in [-0.39, 0.29) is 16.9 Å². The van der Waals surface area contributed by atoms with Gasteiger partial charge >= 0.3 is 0 Å². The highest BCUT2D eigenvalue weighted by molar-refractivity contribution is 5.97. The molecule has 0 fully saturated rings. The highest BCUT2D eigenvalue weighted by Crippen LogP contribution is 2.36. The molecule has 0 aliphatic heterocycles. The summed E-state index contributed by atoms with van der Waals surface area (Å²) >= 11 is 0. The van der Waals surface area contributed by atoms with Crippen LogP contribution in [0.1, 0.15) is 44.3 Å². The van der Waals surface area contributed by atoms with Crippen molar-refractivity contribution in [3.63, 3.8) is 0 Å². The van der Waals surface area contributed by atoms with Crippen LogP contribution in [0.25, 0.3) is 34.1 Å². The highest BCUT2D eigenvalue weighted by atomic mass is 19.1. The third-order valence-corrected chi connectivity index (χ3v) is 7.62. The number of imidazole rings is 1. The topological polar surface area (TPSA) is 154 Å². The van der Waals surface area contributed by atoms with Crippen LogP contribution in [0.5, 0.6) is 5.75 Å². The van der Waals surface area contributed by atoms with Gasteiger partial charge in [0.05, 0.1) is 22.7 Å². The second-order valence-electron chi connectivity index (χ2n) is 10.3. The molecule has 4 heterocycles. The summed E-state index contributed by atoms with van der Waals surface area (Å²) in [5, 5.41) is 16.4. The molecule has 4 aromatic heterocycles. The Hall–Kier alpha value is -5.98. The minimum atomic E-state index is -0.932. The number of amides is 1. The van der Waals surface area contributed by atoms with Gasteiger partial charge in [-0.25, -0.2) is 24.0 Å². The average Bonchev–Trinajstić information content (AvgIpc) is 3.73. The number of carbonyl (C=O) groups excluding carboxylic acids is 2. The van der Waals surface area contributed by atoms with Gasteiger partial charge in [0.25, 0.3) is 5.91 Å². The fraction of sp³-hybridized carbons (Fsp3) is 0.0968. The Morgan fingerprint density at radius 2 is 1.95 bits per heavy atom. The first-order valence-corrected chi connectivity index (χ1v) is 13.5. The van der Waals surface area contributed by atoms with Gasteiger partial charge in [0, 0.05) is 30.2 Å². The smallest absolute Gasteiger partial charge is 0.254 e.